The zero-order valence-electron chi connectivity index (χ0n) is 9.19. The summed E-state index contributed by atoms with van der Waals surface area (Å²) in [5.41, 5.74) is 5.85. The largest absolute Gasteiger partial charge is 0.464 e. The first kappa shape index (κ1) is 11.7. The maximum atomic E-state index is 11.7. The van der Waals surface area contributed by atoms with Crippen molar-refractivity contribution in [2.45, 2.75) is 25.8 Å². The fourth-order valence-electron chi connectivity index (χ4n) is 1.46. The van der Waals surface area contributed by atoms with E-state index in [1.165, 1.54) is 0 Å². The Labute approximate surface area is 90.2 Å². The van der Waals surface area contributed by atoms with Gasteiger partial charge in [0.2, 0.25) is 0 Å². The molecule has 0 saturated heterocycles. The Kier molecular flexibility index (Phi) is 3.86. The van der Waals surface area contributed by atoms with Crippen molar-refractivity contribution in [3.05, 3.63) is 35.9 Å². The number of carbonyl (C=O) groups excluding carboxylic acids is 1. The van der Waals surface area contributed by atoms with Gasteiger partial charge in [-0.3, -0.25) is 0 Å². The van der Waals surface area contributed by atoms with E-state index in [1.54, 1.807) is 6.92 Å². The van der Waals surface area contributed by atoms with Crippen molar-refractivity contribution in [1.82, 2.24) is 0 Å². The van der Waals surface area contributed by atoms with Crippen molar-refractivity contribution in [1.29, 1.82) is 0 Å². The minimum atomic E-state index is -1.02. The van der Waals surface area contributed by atoms with E-state index in [1.807, 2.05) is 37.3 Å². The summed E-state index contributed by atoms with van der Waals surface area (Å²) < 4.78 is 4.99. The van der Waals surface area contributed by atoms with Gasteiger partial charge in [0.25, 0.3) is 0 Å². The lowest BCUT2D eigenvalue weighted by Crippen LogP contribution is -2.45. The van der Waals surface area contributed by atoms with Crippen LogP contribution in [0.15, 0.2) is 30.3 Å². The SMILES string of the molecule is CCOC(=O)[C@@](N)(CC)c1ccccc1. The molecule has 0 aliphatic carbocycles. The van der Waals surface area contributed by atoms with Gasteiger partial charge in [-0.2, -0.15) is 0 Å². The van der Waals surface area contributed by atoms with E-state index >= 15 is 0 Å². The molecule has 2 N–H and O–H groups in total. The van der Waals surface area contributed by atoms with Crippen molar-refractivity contribution in [3.63, 3.8) is 0 Å². The number of ether oxygens (including phenoxy) is 1. The molecule has 1 aromatic rings. The minimum Gasteiger partial charge on any atom is -0.464 e. The van der Waals surface area contributed by atoms with Gasteiger partial charge < -0.3 is 10.5 Å². The number of esters is 1. The molecule has 3 heteroatoms. The van der Waals surface area contributed by atoms with E-state index in [-0.39, 0.29) is 5.97 Å². The quantitative estimate of drug-likeness (QED) is 0.766. The molecule has 0 fully saturated rings. The molecule has 0 saturated carbocycles. The van der Waals surface area contributed by atoms with Crippen molar-refractivity contribution < 1.29 is 9.53 Å². The number of rotatable bonds is 4. The van der Waals surface area contributed by atoms with Gasteiger partial charge in [-0.05, 0) is 18.9 Å². The number of nitrogens with two attached hydrogens (primary N) is 1. The Bertz CT molecular complexity index is 324. The third-order valence-electron chi connectivity index (χ3n) is 2.49. The summed E-state index contributed by atoms with van der Waals surface area (Å²) in [7, 11) is 0. The van der Waals surface area contributed by atoms with E-state index < -0.39 is 5.54 Å². The highest BCUT2D eigenvalue weighted by Gasteiger charge is 2.35. The number of carbonyl (C=O) groups is 1. The van der Waals surface area contributed by atoms with Crippen molar-refractivity contribution in [2.24, 2.45) is 5.73 Å². The predicted octanol–water partition coefficient (Wildman–Crippen LogP) is 1.81. The second-order valence-electron chi connectivity index (χ2n) is 3.41. The topological polar surface area (TPSA) is 52.3 Å². The van der Waals surface area contributed by atoms with Crippen LogP contribution in [0.4, 0.5) is 0 Å². The summed E-state index contributed by atoms with van der Waals surface area (Å²) >= 11 is 0. The van der Waals surface area contributed by atoms with E-state index in [4.69, 9.17) is 10.5 Å². The molecule has 0 aliphatic rings. The molecule has 0 aromatic heterocycles. The normalized spacial score (nSPS) is 14.3. The fraction of sp³-hybridized carbons (Fsp3) is 0.417. The maximum absolute atomic E-state index is 11.7. The molecule has 1 atom stereocenters. The van der Waals surface area contributed by atoms with Crippen LogP contribution in [0, 0.1) is 0 Å². The van der Waals surface area contributed by atoms with Crippen LogP contribution in [0.2, 0.25) is 0 Å². The van der Waals surface area contributed by atoms with Gasteiger partial charge >= 0.3 is 5.97 Å². The average molecular weight is 207 g/mol. The van der Waals surface area contributed by atoms with Crippen LogP contribution in [0.5, 0.6) is 0 Å². The summed E-state index contributed by atoms with van der Waals surface area (Å²) in [6.07, 6.45) is 0.524. The first-order valence-corrected chi connectivity index (χ1v) is 5.16. The van der Waals surface area contributed by atoms with Crippen LogP contribution >= 0.6 is 0 Å². The van der Waals surface area contributed by atoms with Gasteiger partial charge in [0.15, 0.2) is 0 Å². The van der Waals surface area contributed by atoms with E-state index in [2.05, 4.69) is 0 Å². The van der Waals surface area contributed by atoms with Gasteiger partial charge in [0.1, 0.15) is 5.54 Å². The standard InChI is InChI=1S/C12H17NO2/c1-3-12(13,11(14)15-4-2)10-8-6-5-7-9-10/h5-9H,3-4,13H2,1-2H3/t12-/m1/s1. The first-order valence-electron chi connectivity index (χ1n) is 5.16. The molecule has 82 valence electrons. The molecule has 0 spiro atoms. The van der Waals surface area contributed by atoms with Crippen LogP contribution in [-0.4, -0.2) is 12.6 Å². The van der Waals surface area contributed by atoms with Crippen molar-refractivity contribution in [3.8, 4) is 0 Å². The van der Waals surface area contributed by atoms with E-state index in [0.29, 0.717) is 13.0 Å². The molecule has 0 aliphatic heterocycles. The number of hydrogen-bond donors (Lipinski definition) is 1. The molecular weight excluding hydrogens is 190 g/mol. The minimum absolute atomic E-state index is 0.352. The summed E-state index contributed by atoms with van der Waals surface area (Å²) in [4.78, 5) is 11.7. The van der Waals surface area contributed by atoms with Crippen molar-refractivity contribution in [2.75, 3.05) is 6.61 Å². The Morgan fingerprint density at radius 3 is 2.40 bits per heavy atom. The predicted molar refractivity (Wildman–Crippen MR) is 59.2 cm³/mol. The van der Waals surface area contributed by atoms with Gasteiger partial charge in [0.05, 0.1) is 6.61 Å². The molecule has 1 aromatic carbocycles. The smallest absolute Gasteiger partial charge is 0.330 e. The van der Waals surface area contributed by atoms with Crippen LogP contribution in [-0.2, 0) is 15.1 Å². The summed E-state index contributed by atoms with van der Waals surface area (Å²) in [5.74, 6) is -0.362. The lowest BCUT2D eigenvalue weighted by molar-refractivity contribution is -0.150. The van der Waals surface area contributed by atoms with Crippen molar-refractivity contribution >= 4 is 5.97 Å². The second-order valence-corrected chi connectivity index (χ2v) is 3.41. The molecule has 15 heavy (non-hydrogen) atoms. The van der Waals surface area contributed by atoms with Gasteiger partial charge in [0, 0.05) is 0 Å². The highest BCUT2D eigenvalue weighted by atomic mass is 16.5. The number of hydrogen-bond acceptors (Lipinski definition) is 3. The summed E-state index contributed by atoms with van der Waals surface area (Å²) in [5, 5.41) is 0. The fourth-order valence-corrected chi connectivity index (χ4v) is 1.46. The number of benzene rings is 1. The van der Waals surface area contributed by atoms with E-state index in [0.717, 1.165) is 5.56 Å². The molecule has 0 bridgehead atoms. The Hall–Kier alpha value is -1.35. The van der Waals surface area contributed by atoms with Crippen LogP contribution in [0.25, 0.3) is 0 Å². The third-order valence-corrected chi connectivity index (χ3v) is 2.49. The third kappa shape index (κ3) is 2.36. The second kappa shape index (κ2) is 4.94. The molecular formula is C12H17NO2. The molecule has 1 rings (SSSR count). The van der Waals surface area contributed by atoms with Gasteiger partial charge in [-0.1, -0.05) is 37.3 Å². The maximum Gasteiger partial charge on any atom is 0.330 e. The lowest BCUT2D eigenvalue weighted by Gasteiger charge is -2.25. The van der Waals surface area contributed by atoms with Crippen LogP contribution in [0.1, 0.15) is 25.8 Å². The molecule has 0 unspecified atom stereocenters. The summed E-state index contributed by atoms with van der Waals surface area (Å²) in [6.45, 7) is 4.01. The summed E-state index contributed by atoms with van der Waals surface area (Å²) in [6, 6.07) is 9.32. The lowest BCUT2D eigenvalue weighted by atomic mass is 9.88. The van der Waals surface area contributed by atoms with E-state index in [9.17, 15) is 4.79 Å². The zero-order valence-corrected chi connectivity index (χ0v) is 9.19. The monoisotopic (exact) mass is 207 g/mol. The first-order chi connectivity index (χ1) is 7.15. The highest BCUT2D eigenvalue weighted by Crippen LogP contribution is 2.23. The molecule has 0 heterocycles. The Morgan fingerprint density at radius 1 is 1.33 bits per heavy atom. The zero-order chi connectivity index (χ0) is 11.3. The Balaban J connectivity index is 3.00. The highest BCUT2D eigenvalue weighted by molar-refractivity contribution is 5.82. The molecule has 0 amide bonds. The van der Waals surface area contributed by atoms with Gasteiger partial charge in [-0.15, -0.1) is 0 Å². The molecule has 3 nitrogen and oxygen atoms in total. The molecule has 0 radical (unpaired) electrons. The van der Waals surface area contributed by atoms with Gasteiger partial charge in [-0.25, -0.2) is 4.79 Å². The Morgan fingerprint density at radius 2 is 1.93 bits per heavy atom. The average Bonchev–Trinajstić information content (AvgIpc) is 2.29. The van der Waals surface area contributed by atoms with Crippen LogP contribution < -0.4 is 5.73 Å². The van der Waals surface area contributed by atoms with Crippen LogP contribution in [0.3, 0.4) is 0 Å².